The molecule has 3 heteroatoms. The van der Waals surface area contributed by atoms with E-state index in [0.29, 0.717) is 12.6 Å². The summed E-state index contributed by atoms with van der Waals surface area (Å²) in [7, 11) is 0. The van der Waals surface area contributed by atoms with E-state index in [1.54, 1.807) is 0 Å². The van der Waals surface area contributed by atoms with E-state index in [2.05, 4.69) is 40.5 Å². The average molecular weight is 248 g/mol. The number of piperidine rings is 1. The monoisotopic (exact) mass is 248 g/mol. The fourth-order valence-corrected chi connectivity index (χ4v) is 2.54. The SMILES string of the molecule is CC(O)CNC1CCCN(Cc2ccccc2)C1. The number of aliphatic hydroxyl groups is 1. The third-order valence-corrected chi connectivity index (χ3v) is 3.46. The first-order chi connectivity index (χ1) is 8.74. The Hall–Kier alpha value is -0.900. The van der Waals surface area contributed by atoms with Crippen molar-refractivity contribution >= 4 is 0 Å². The minimum Gasteiger partial charge on any atom is -0.392 e. The second-order valence-corrected chi connectivity index (χ2v) is 5.32. The van der Waals surface area contributed by atoms with Crippen LogP contribution in [0.25, 0.3) is 0 Å². The Kier molecular flexibility index (Phi) is 5.17. The molecular formula is C15H24N2O. The van der Waals surface area contributed by atoms with Crippen LogP contribution in [0, 0.1) is 0 Å². The van der Waals surface area contributed by atoms with Gasteiger partial charge in [-0.1, -0.05) is 30.3 Å². The predicted molar refractivity (Wildman–Crippen MR) is 74.4 cm³/mol. The van der Waals surface area contributed by atoms with Crippen LogP contribution in [-0.4, -0.2) is 41.8 Å². The summed E-state index contributed by atoms with van der Waals surface area (Å²) in [6, 6.07) is 11.2. The predicted octanol–water partition coefficient (Wildman–Crippen LogP) is 1.62. The molecule has 1 heterocycles. The molecule has 2 N–H and O–H groups in total. The molecule has 1 fully saturated rings. The van der Waals surface area contributed by atoms with Crippen molar-refractivity contribution in [3.63, 3.8) is 0 Å². The van der Waals surface area contributed by atoms with Gasteiger partial charge in [0, 0.05) is 25.7 Å². The minimum atomic E-state index is -0.255. The van der Waals surface area contributed by atoms with Gasteiger partial charge >= 0.3 is 0 Å². The second kappa shape index (κ2) is 6.88. The number of benzene rings is 1. The summed E-state index contributed by atoms with van der Waals surface area (Å²) in [5.41, 5.74) is 1.38. The lowest BCUT2D eigenvalue weighted by molar-refractivity contribution is 0.153. The van der Waals surface area contributed by atoms with Crippen molar-refractivity contribution < 1.29 is 5.11 Å². The molecule has 2 atom stereocenters. The van der Waals surface area contributed by atoms with Gasteiger partial charge in [0.15, 0.2) is 0 Å². The molecule has 0 bridgehead atoms. The summed E-state index contributed by atoms with van der Waals surface area (Å²) in [6.07, 6.45) is 2.21. The van der Waals surface area contributed by atoms with E-state index < -0.39 is 0 Å². The van der Waals surface area contributed by atoms with Gasteiger partial charge < -0.3 is 10.4 Å². The Labute approximate surface area is 110 Å². The van der Waals surface area contributed by atoms with E-state index >= 15 is 0 Å². The van der Waals surface area contributed by atoms with E-state index in [1.165, 1.54) is 24.9 Å². The van der Waals surface area contributed by atoms with Crippen molar-refractivity contribution in [3.05, 3.63) is 35.9 Å². The van der Waals surface area contributed by atoms with E-state index in [4.69, 9.17) is 0 Å². The van der Waals surface area contributed by atoms with E-state index in [9.17, 15) is 5.11 Å². The fraction of sp³-hybridized carbons (Fsp3) is 0.600. The molecule has 0 spiro atoms. The number of likely N-dealkylation sites (tertiary alicyclic amines) is 1. The van der Waals surface area contributed by atoms with Crippen LogP contribution in [0.15, 0.2) is 30.3 Å². The number of nitrogens with one attached hydrogen (secondary N) is 1. The zero-order valence-corrected chi connectivity index (χ0v) is 11.2. The maximum absolute atomic E-state index is 9.31. The molecule has 3 nitrogen and oxygen atoms in total. The molecule has 0 saturated carbocycles. The third kappa shape index (κ3) is 4.41. The van der Waals surface area contributed by atoms with Gasteiger partial charge in [-0.05, 0) is 31.9 Å². The van der Waals surface area contributed by atoms with Crippen molar-refractivity contribution in [2.24, 2.45) is 0 Å². The molecule has 2 unspecified atom stereocenters. The Bertz CT molecular complexity index is 340. The first-order valence-corrected chi connectivity index (χ1v) is 6.92. The maximum atomic E-state index is 9.31. The zero-order valence-electron chi connectivity index (χ0n) is 11.2. The lowest BCUT2D eigenvalue weighted by Gasteiger charge is -2.33. The van der Waals surface area contributed by atoms with Crippen molar-refractivity contribution in [2.75, 3.05) is 19.6 Å². The van der Waals surface area contributed by atoms with E-state index in [-0.39, 0.29) is 6.10 Å². The Morgan fingerprint density at radius 2 is 2.17 bits per heavy atom. The van der Waals surface area contributed by atoms with Crippen LogP contribution < -0.4 is 5.32 Å². The van der Waals surface area contributed by atoms with E-state index in [1.807, 2.05) is 6.92 Å². The molecule has 0 amide bonds. The van der Waals surface area contributed by atoms with Crippen LogP contribution in [0.4, 0.5) is 0 Å². The second-order valence-electron chi connectivity index (χ2n) is 5.32. The van der Waals surface area contributed by atoms with Crippen LogP contribution >= 0.6 is 0 Å². The highest BCUT2D eigenvalue weighted by Gasteiger charge is 2.19. The van der Waals surface area contributed by atoms with Gasteiger partial charge in [-0.3, -0.25) is 4.90 Å². The Balaban J connectivity index is 1.79. The van der Waals surface area contributed by atoms with Crippen LogP contribution in [-0.2, 0) is 6.54 Å². The summed E-state index contributed by atoms with van der Waals surface area (Å²) < 4.78 is 0. The standard InChI is InChI=1S/C15H24N2O/c1-13(18)10-16-15-8-5-9-17(12-15)11-14-6-3-2-4-7-14/h2-4,6-7,13,15-16,18H,5,8-12H2,1H3. The highest BCUT2D eigenvalue weighted by molar-refractivity contribution is 5.14. The zero-order chi connectivity index (χ0) is 12.8. The molecule has 18 heavy (non-hydrogen) atoms. The van der Waals surface area contributed by atoms with Crippen LogP contribution in [0.1, 0.15) is 25.3 Å². The number of aliphatic hydroxyl groups excluding tert-OH is 1. The molecule has 2 rings (SSSR count). The highest BCUT2D eigenvalue weighted by atomic mass is 16.3. The lowest BCUT2D eigenvalue weighted by atomic mass is 10.0. The third-order valence-electron chi connectivity index (χ3n) is 3.46. The lowest BCUT2D eigenvalue weighted by Crippen LogP contribution is -2.46. The first-order valence-electron chi connectivity index (χ1n) is 6.92. The summed E-state index contributed by atoms with van der Waals surface area (Å²) in [5.74, 6) is 0. The Morgan fingerprint density at radius 3 is 2.89 bits per heavy atom. The molecule has 1 aromatic carbocycles. The van der Waals surface area contributed by atoms with Gasteiger partial charge in [0.05, 0.1) is 6.10 Å². The van der Waals surface area contributed by atoms with Gasteiger partial charge in [-0.2, -0.15) is 0 Å². The molecule has 1 aromatic rings. The Morgan fingerprint density at radius 1 is 1.39 bits per heavy atom. The van der Waals surface area contributed by atoms with E-state index in [0.717, 1.165) is 13.1 Å². The summed E-state index contributed by atoms with van der Waals surface area (Å²) in [6.45, 7) is 5.83. The topological polar surface area (TPSA) is 35.5 Å². The molecule has 0 radical (unpaired) electrons. The smallest absolute Gasteiger partial charge is 0.0636 e. The van der Waals surface area contributed by atoms with Crippen LogP contribution in [0.3, 0.4) is 0 Å². The minimum absolute atomic E-state index is 0.255. The largest absolute Gasteiger partial charge is 0.392 e. The maximum Gasteiger partial charge on any atom is 0.0636 e. The van der Waals surface area contributed by atoms with Crippen LogP contribution in [0.5, 0.6) is 0 Å². The fourth-order valence-electron chi connectivity index (χ4n) is 2.54. The molecule has 1 aliphatic rings. The normalized spacial score (nSPS) is 22.9. The van der Waals surface area contributed by atoms with Gasteiger partial charge in [0.25, 0.3) is 0 Å². The summed E-state index contributed by atoms with van der Waals surface area (Å²) in [5, 5.41) is 12.8. The van der Waals surface area contributed by atoms with Gasteiger partial charge in [-0.15, -0.1) is 0 Å². The number of hydrogen-bond donors (Lipinski definition) is 2. The van der Waals surface area contributed by atoms with Crippen LogP contribution in [0.2, 0.25) is 0 Å². The average Bonchev–Trinajstić information content (AvgIpc) is 2.38. The molecule has 1 saturated heterocycles. The number of nitrogens with zero attached hydrogens (tertiary/aromatic N) is 1. The number of rotatable bonds is 5. The molecule has 0 aromatic heterocycles. The van der Waals surface area contributed by atoms with Gasteiger partial charge in [0.1, 0.15) is 0 Å². The molecular weight excluding hydrogens is 224 g/mol. The molecule has 100 valence electrons. The van der Waals surface area contributed by atoms with Gasteiger partial charge in [0.2, 0.25) is 0 Å². The van der Waals surface area contributed by atoms with Crippen molar-refractivity contribution in [2.45, 2.75) is 38.5 Å². The molecule has 0 aliphatic carbocycles. The first kappa shape index (κ1) is 13.5. The summed E-state index contributed by atoms with van der Waals surface area (Å²) >= 11 is 0. The summed E-state index contributed by atoms with van der Waals surface area (Å²) in [4.78, 5) is 2.50. The van der Waals surface area contributed by atoms with Crippen molar-refractivity contribution in [1.82, 2.24) is 10.2 Å². The quantitative estimate of drug-likeness (QED) is 0.831. The molecule has 1 aliphatic heterocycles. The van der Waals surface area contributed by atoms with Gasteiger partial charge in [-0.25, -0.2) is 0 Å². The van der Waals surface area contributed by atoms with Crippen molar-refractivity contribution in [3.8, 4) is 0 Å². The highest BCUT2D eigenvalue weighted by Crippen LogP contribution is 2.13. The van der Waals surface area contributed by atoms with Crippen molar-refractivity contribution in [1.29, 1.82) is 0 Å². The number of hydrogen-bond acceptors (Lipinski definition) is 3.